The van der Waals surface area contributed by atoms with Crippen LogP contribution in [-0.4, -0.2) is 10.1 Å². The van der Waals surface area contributed by atoms with Crippen molar-refractivity contribution in [3.8, 4) is 5.75 Å². The number of fused-ring (bicyclic) bond motifs is 1. The largest absolute Gasteiger partial charge is 0.508 e. The first-order chi connectivity index (χ1) is 9.33. The Bertz CT molecular complexity index is 742. The zero-order chi connectivity index (χ0) is 13.1. The van der Waals surface area contributed by atoms with Crippen LogP contribution in [0.25, 0.3) is 22.9 Å². The fourth-order valence-corrected chi connectivity index (χ4v) is 2.08. The Morgan fingerprint density at radius 2 is 1.79 bits per heavy atom. The second-order valence-electron chi connectivity index (χ2n) is 4.35. The lowest BCUT2D eigenvalue weighted by Gasteiger charge is -2.01. The molecular weight excluding hydrogens is 234 g/mol. The zero-order valence-electron chi connectivity index (χ0n) is 10.3. The molecule has 3 rings (SSSR count). The molecule has 19 heavy (non-hydrogen) atoms. The third-order valence-electron chi connectivity index (χ3n) is 3.01. The van der Waals surface area contributed by atoms with Crippen molar-refractivity contribution in [2.24, 2.45) is 0 Å². The van der Waals surface area contributed by atoms with E-state index in [1.807, 2.05) is 48.7 Å². The first-order valence-electron chi connectivity index (χ1n) is 6.14. The summed E-state index contributed by atoms with van der Waals surface area (Å²) in [5.41, 5.74) is 1.89. The van der Waals surface area contributed by atoms with Crippen molar-refractivity contribution in [1.82, 2.24) is 4.98 Å². The highest BCUT2D eigenvalue weighted by Gasteiger charge is 1.98. The molecule has 1 heterocycles. The highest BCUT2D eigenvalue weighted by Crippen LogP contribution is 2.19. The van der Waals surface area contributed by atoms with Gasteiger partial charge in [-0.15, -0.1) is 0 Å². The first kappa shape index (κ1) is 11.5. The van der Waals surface area contributed by atoms with Crippen LogP contribution >= 0.6 is 0 Å². The van der Waals surface area contributed by atoms with Crippen LogP contribution in [0.15, 0.2) is 60.8 Å². The lowest BCUT2D eigenvalue weighted by atomic mass is 10.1. The van der Waals surface area contributed by atoms with E-state index in [4.69, 9.17) is 0 Å². The lowest BCUT2D eigenvalue weighted by molar-refractivity contribution is 0.475. The smallest absolute Gasteiger partial charge is 0.116 e. The molecule has 92 valence electrons. The molecule has 2 nitrogen and oxygen atoms in total. The molecule has 0 unspecified atom stereocenters. The van der Waals surface area contributed by atoms with Gasteiger partial charge in [0.2, 0.25) is 0 Å². The summed E-state index contributed by atoms with van der Waals surface area (Å²) in [4.78, 5) is 4.40. The Morgan fingerprint density at radius 3 is 2.68 bits per heavy atom. The molecule has 0 aliphatic carbocycles. The van der Waals surface area contributed by atoms with E-state index in [1.165, 1.54) is 5.39 Å². The molecule has 2 aromatic carbocycles. The molecule has 0 radical (unpaired) electrons. The van der Waals surface area contributed by atoms with Gasteiger partial charge in [-0.05, 0) is 35.2 Å². The SMILES string of the molecule is Oc1cccc(/C=C/c2nccc3ccccc23)c1. The molecule has 0 aliphatic rings. The van der Waals surface area contributed by atoms with Gasteiger partial charge in [-0.3, -0.25) is 4.98 Å². The van der Waals surface area contributed by atoms with E-state index in [9.17, 15) is 5.11 Å². The van der Waals surface area contributed by atoms with Gasteiger partial charge < -0.3 is 5.11 Å². The number of hydrogen-bond acceptors (Lipinski definition) is 2. The first-order valence-corrected chi connectivity index (χ1v) is 6.14. The van der Waals surface area contributed by atoms with Crippen LogP contribution in [0.2, 0.25) is 0 Å². The Balaban J connectivity index is 2.02. The van der Waals surface area contributed by atoms with Crippen molar-refractivity contribution in [1.29, 1.82) is 0 Å². The number of aromatic hydroxyl groups is 1. The van der Waals surface area contributed by atoms with Crippen LogP contribution in [-0.2, 0) is 0 Å². The number of aromatic nitrogens is 1. The van der Waals surface area contributed by atoms with Gasteiger partial charge in [-0.2, -0.15) is 0 Å². The fourth-order valence-electron chi connectivity index (χ4n) is 2.08. The van der Waals surface area contributed by atoms with Crippen molar-refractivity contribution in [3.05, 3.63) is 72.1 Å². The standard InChI is InChI=1S/C17H13NO/c19-15-6-3-4-13(12-15)8-9-17-16-7-2-1-5-14(16)10-11-18-17/h1-12,19H/b9-8+. The Morgan fingerprint density at radius 1 is 0.895 bits per heavy atom. The van der Waals surface area contributed by atoms with Gasteiger partial charge >= 0.3 is 0 Å². The molecule has 0 bridgehead atoms. The minimum absolute atomic E-state index is 0.271. The van der Waals surface area contributed by atoms with E-state index in [0.29, 0.717) is 0 Å². The van der Waals surface area contributed by atoms with Crippen LogP contribution in [0, 0.1) is 0 Å². The van der Waals surface area contributed by atoms with E-state index in [1.54, 1.807) is 12.1 Å². The van der Waals surface area contributed by atoms with Crippen LogP contribution < -0.4 is 0 Å². The van der Waals surface area contributed by atoms with E-state index in [0.717, 1.165) is 16.6 Å². The number of rotatable bonds is 2. The summed E-state index contributed by atoms with van der Waals surface area (Å²) in [7, 11) is 0. The van der Waals surface area contributed by atoms with Crippen LogP contribution in [0.5, 0.6) is 5.75 Å². The van der Waals surface area contributed by atoms with Gasteiger partial charge in [-0.1, -0.05) is 42.5 Å². The highest BCUT2D eigenvalue weighted by molar-refractivity contribution is 5.91. The lowest BCUT2D eigenvalue weighted by Crippen LogP contribution is -1.82. The number of nitrogens with zero attached hydrogens (tertiary/aromatic N) is 1. The maximum absolute atomic E-state index is 9.43. The summed E-state index contributed by atoms with van der Waals surface area (Å²) in [5.74, 6) is 0.271. The van der Waals surface area contributed by atoms with Crippen LogP contribution in [0.3, 0.4) is 0 Å². The maximum atomic E-state index is 9.43. The van der Waals surface area contributed by atoms with Gasteiger partial charge in [0.25, 0.3) is 0 Å². The van der Waals surface area contributed by atoms with Gasteiger partial charge in [0.1, 0.15) is 5.75 Å². The van der Waals surface area contributed by atoms with Crippen LogP contribution in [0.4, 0.5) is 0 Å². The molecule has 0 saturated heterocycles. The molecule has 0 fully saturated rings. The molecule has 3 aromatic rings. The van der Waals surface area contributed by atoms with Crippen molar-refractivity contribution < 1.29 is 5.11 Å². The molecule has 1 aromatic heterocycles. The van der Waals surface area contributed by atoms with Gasteiger partial charge in [-0.25, -0.2) is 0 Å². The summed E-state index contributed by atoms with van der Waals surface area (Å²) in [6.07, 6.45) is 5.73. The molecule has 0 spiro atoms. The highest BCUT2D eigenvalue weighted by atomic mass is 16.3. The minimum Gasteiger partial charge on any atom is -0.508 e. The van der Waals surface area contributed by atoms with Gasteiger partial charge in [0, 0.05) is 11.6 Å². The predicted octanol–water partition coefficient (Wildman–Crippen LogP) is 4.11. The average molecular weight is 247 g/mol. The van der Waals surface area contributed by atoms with Crippen LogP contribution in [0.1, 0.15) is 11.3 Å². The quantitative estimate of drug-likeness (QED) is 0.739. The summed E-state index contributed by atoms with van der Waals surface area (Å²) in [6.45, 7) is 0. The maximum Gasteiger partial charge on any atom is 0.116 e. The topological polar surface area (TPSA) is 33.1 Å². The Kier molecular flexibility index (Phi) is 2.99. The number of benzene rings is 2. The van der Waals surface area contributed by atoms with E-state index in [2.05, 4.69) is 17.1 Å². The van der Waals surface area contributed by atoms with Crippen molar-refractivity contribution in [2.45, 2.75) is 0 Å². The third kappa shape index (κ3) is 2.47. The molecule has 1 N–H and O–H groups in total. The Hall–Kier alpha value is -2.61. The van der Waals surface area contributed by atoms with Crippen molar-refractivity contribution >= 4 is 22.9 Å². The number of pyridine rings is 1. The summed E-state index contributed by atoms with van der Waals surface area (Å²) in [6, 6.07) is 17.3. The molecular formula is C17H13NO. The minimum atomic E-state index is 0.271. The zero-order valence-corrected chi connectivity index (χ0v) is 10.3. The number of phenolic OH excluding ortho intramolecular Hbond substituents is 1. The number of phenols is 1. The van der Waals surface area contributed by atoms with E-state index in [-0.39, 0.29) is 5.75 Å². The fraction of sp³-hybridized carbons (Fsp3) is 0. The normalized spacial score (nSPS) is 11.2. The van der Waals surface area contributed by atoms with Gasteiger partial charge in [0.05, 0.1) is 5.69 Å². The van der Waals surface area contributed by atoms with E-state index >= 15 is 0 Å². The van der Waals surface area contributed by atoms with Gasteiger partial charge in [0.15, 0.2) is 0 Å². The monoisotopic (exact) mass is 247 g/mol. The summed E-state index contributed by atoms with van der Waals surface area (Å²) >= 11 is 0. The third-order valence-corrected chi connectivity index (χ3v) is 3.01. The summed E-state index contributed by atoms with van der Waals surface area (Å²) < 4.78 is 0. The molecule has 2 heteroatoms. The Labute approximate surface area is 111 Å². The second-order valence-corrected chi connectivity index (χ2v) is 4.35. The van der Waals surface area contributed by atoms with Crippen molar-refractivity contribution in [3.63, 3.8) is 0 Å². The summed E-state index contributed by atoms with van der Waals surface area (Å²) in [5, 5.41) is 11.7. The molecule has 0 amide bonds. The molecule has 0 aliphatic heterocycles. The van der Waals surface area contributed by atoms with E-state index < -0.39 is 0 Å². The van der Waals surface area contributed by atoms with Crippen molar-refractivity contribution in [2.75, 3.05) is 0 Å². The average Bonchev–Trinajstić information content (AvgIpc) is 2.45. The second kappa shape index (κ2) is 4.94. The molecule has 0 saturated carbocycles. The number of hydrogen-bond donors (Lipinski definition) is 1. The predicted molar refractivity (Wildman–Crippen MR) is 78.8 cm³/mol. The molecule has 0 atom stereocenters.